The molecule has 4 nitrogen and oxygen atoms in total. The molecule has 0 saturated carbocycles. The van der Waals surface area contributed by atoms with Gasteiger partial charge in [0.15, 0.2) is 0 Å². The SMILES string of the molecule is CC(NC(=O)c1ccccc1NC(=O)CCCl)c1ccccc1. The molecule has 0 spiro atoms. The van der Waals surface area contributed by atoms with E-state index >= 15 is 0 Å². The second kappa shape index (κ2) is 8.34. The zero-order valence-corrected chi connectivity index (χ0v) is 13.6. The minimum atomic E-state index is -0.233. The van der Waals surface area contributed by atoms with Gasteiger partial charge in [0.2, 0.25) is 5.91 Å². The summed E-state index contributed by atoms with van der Waals surface area (Å²) >= 11 is 5.56. The molecule has 0 radical (unpaired) electrons. The van der Waals surface area contributed by atoms with Crippen LogP contribution in [0.3, 0.4) is 0 Å². The Labute approximate surface area is 140 Å². The van der Waals surface area contributed by atoms with Gasteiger partial charge in [-0.05, 0) is 24.6 Å². The van der Waals surface area contributed by atoms with Gasteiger partial charge in [0.05, 0.1) is 17.3 Å². The lowest BCUT2D eigenvalue weighted by molar-refractivity contribution is -0.115. The Hall–Kier alpha value is -2.33. The van der Waals surface area contributed by atoms with Crippen molar-refractivity contribution in [2.24, 2.45) is 0 Å². The second-order valence-electron chi connectivity index (χ2n) is 5.14. The van der Waals surface area contributed by atoms with Crippen molar-refractivity contribution >= 4 is 29.1 Å². The molecule has 2 aromatic rings. The van der Waals surface area contributed by atoms with Gasteiger partial charge in [0.1, 0.15) is 0 Å². The molecule has 0 aliphatic rings. The Kier molecular flexibility index (Phi) is 6.18. The van der Waals surface area contributed by atoms with Crippen molar-refractivity contribution in [3.05, 3.63) is 65.7 Å². The number of halogens is 1. The van der Waals surface area contributed by atoms with Crippen molar-refractivity contribution in [1.82, 2.24) is 5.32 Å². The monoisotopic (exact) mass is 330 g/mol. The fraction of sp³-hybridized carbons (Fsp3) is 0.222. The molecule has 2 amide bonds. The lowest BCUT2D eigenvalue weighted by atomic mass is 10.1. The zero-order valence-electron chi connectivity index (χ0n) is 12.9. The Morgan fingerprint density at radius 2 is 1.70 bits per heavy atom. The van der Waals surface area contributed by atoms with Gasteiger partial charge in [0, 0.05) is 12.3 Å². The number of benzene rings is 2. The van der Waals surface area contributed by atoms with Crippen molar-refractivity contribution in [1.29, 1.82) is 0 Å². The minimum absolute atomic E-state index is 0.129. The van der Waals surface area contributed by atoms with E-state index in [4.69, 9.17) is 11.6 Å². The molecule has 0 aliphatic carbocycles. The maximum atomic E-state index is 12.5. The van der Waals surface area contributed by atoms with Gasteiger partial charge in [-0.2, -0.15) is 0 Å². The number of carbonyl (C=O) groups is 2. The summed E-state index contributed by atoms with van der Waals surface area (Å²) < 4.78 is 0. The van der Waals surface area contributed by atoms with Crippen LogP contribution < -0.4 is 10.6 Å². The summed E-state index contributed by atoms with van der Waals surface area (Å²) in [6.45, 7) is 1.92. The van der Waals surface area contributed by atoms with Gasteiger partial charge in [-0.25, -0.2) is 0 Å². The molecule has 2 N–H and O–H groups in total. The predicted molar refractivity (Wildman–Crippen MR) is 92.7 cm³/mol. The zero-order chi connectivity index (χ0) is 16.7. The first-order valence-corrected chi connectivity index (χ1v) is 7.96. The lowest BCUT2D eigenvalue weighted by Crippen LogP contribution is -2.28. The fourth-order valence-electron chi connectivity index (χ4n) is 2.19. The van der Waals surface area contributed by atoms with Gasteiger partial charge >= 0.3 is 0 Å². The summed E-state index contributed by atoms with van der Waals surface area (Å²) in [5, 5.41) is 5.66. The average molecular weight is 331 g/mol. The standard InChI is InChI=1S/C18H19ClN2O2/c1-13(14-7-3-2-4-8-14)20-18(23)15-9-5-6-10-16(15)21-17(22)11-12-19/h2-10,13H,11-12H2,1H3,(H,20,23)(H,21,22). The number of hydrogen-bond donors (Lipinski definition) is 2. The summed E-state index contributed by atoms with van der Waals surface area (Å²) in [7, 11) is 0. The lowest BCUT2D eigenvalue weighted by Gasteiger charge is -2.16. The molecule has 23 heavy (non-hydrogen) atoms. The maximum absolute atomic E-state index is 12.5. The highest BCUT2D eigenvalue weighted by Crippen LogP contribution is 2.18. The normalized spacial score (nSPS) is 11.6. The van der Waals surface area contributed by atoms with E-state index in [0.717, 1.165) is 5.56 Å². The number of nitrogens with one attached hydrogen (secondary N) is 2. The summed E-state index contributed by atoms with van der Waals surface area (Å²) in [4.78, 5) is 24.2. The molecule has 2 rings (SSSR count). The van der Waals surface area contributed by atoms with Crippen molar-refractivity contribution in [3.63, 3.8) is 0 Å². The third kappa shape index (κ3) is 4.83. The number of alkyl halides is 1. The third-order valence-electron chi connectivity index (χ3n) is 3.41. The largest absolute Gasteiger partial charge is 0.345 e. The number of amides is 2. The van der Waals surface area contributed by atoms with Gasteiger partial charge in [0.25, 0.3) is 5.91 Å². The first kappa shape index (κ1) is 17.0. The molecule has 0 fully saturated rings. The number of rotatable bonds is 6. The predicted octanol–water partition coefficient (Wildman–Crippen LogP) is 3.75. The molecule has 0 heterocycles. The average Bonchev–Trinajstić information content (AvgIpc) is 2.56. The van der Waals surface area contributed by atoms with E-state index in [1.54, 1.807) is 24.3 Å². The third-order valence-corrected chi connectivity index (χ3v) is 3.60. The van der Waals surface area contributed by atoms with Crippen LogP contribution in [0, 0.1) is 0 Å². The Bertz CT molecular complexity index is 674. The van der Waals surface area contributed by atoms with Crippen molar-refractivity contribution in [3.8, 4) is 0 Å². The molecule has 0 aromatic heterocycles. The van der Waals surface area contributed by atoms with E-state index < -0.39 is 0 Å². The molecule has 2 aromatic carbocycles. The maximum Gasteiger partial charge on any atom is 0.253 e. The molecule has 1 atom stereocenters. The second-order valence-corrected chi connectivity index (χ2v) is 5.52. The van der Waals surface area contributed by atoms with Crippen LogP contribution in [0.4, 0.5) is 5.69 Å². The molecular weight excluding hydrogens is 312 g/mol. The smallest absolute Gasteiger partial charge is 0.253 e. The molecule has 120 valence electrons. The van der Waals surface area contributed by atoms with Gasteiger partial charge in [-0.1, -0.05) is 42.5 Å². The van der Waals surface area contributed by atoms with Crippen LogP contribution in [0.1, 0.15) is 35.3 Å². The molecule has 1 unspecified atom stereocenters. The van der Waals surface area contributed by atoms with Gasteiger partial charge in [-0.15, -0.1) is 11.6 Å². The van der Waals surface area contributed by atoms with Crippen LogP contribution in [-0.2, 0) is 4.79 Å². The minimum Gasteiger partial charge on any atom is -0.345 e. The van der Waals surface area contributed by atoms with E-state index in [0.29, 0.717) is 11.3 Å². The van der Waals surface area contributed by atoms with E-state index in [9.17, 15) is 9.59 Å². The molecule has 0 aliphatic heterocycles. The van der Waals surface area contributed by atoms with Crippen molar-refractivity contribution in [2.75, 3.05) is 11.2 Å². The van der Waals surface area contributed by atoms with E-state index in [2.05, 4.69) is 10.6 Å². The Morgan fingerprint density at radius 1 is 1.04 bits per heavy atom. The van der Waals surface area contributed by atoms with Crippen LogP contribution >= 0.6 is 11.6 Å². The summed E-state index contributed by atoms with van der Waals surface area (Å²) in [5.41, 5.74) is 1.93. The first-order valence-electron chi connectivity index (χ1n) is 7.42. The molecule has 0 bridgehead atoms. The van der Waals surface area contributed by atoms with Crippen molar-refractivity contribution < 1.29 is 9.59 Å². The van der Waals surface area contributed by atoms with Gasteiger partial charge in [-0.3, -0.25) is 9.59 Å². The van der Waals surface area contributed by atoms with E-state index in [-0.39, 0.29) is 30.2 Å². The quantitative estimate of drug-likeness (QED) is 0.793. The Morgan fingerprint density at radius 3 is 2.39 bits per heavy atom. The van der Waals surface area contributed by atoms with Crippen LogP contribution in [0.2, 0.25) is 0 Å². The number of carbonyl (C=O) groups excluding carboxylic acids is 2. The number of para-hydroxylation sites is 1. The highest BCUT2D eigenvalue weighted by Gasteiger charge is 2.15. The highest BCUT2D eigenvalue weighted by atomic mass is 35.5. The first-order chi connectivity index (χ1) is 11.1. The Balaban J connectivity index is 2.11. The molecule has 0 saturated heterocycles. The van der Waals surface area contributed by atoms with Gasteiger partial charge < -0.3 is 10.6 Å². The van der Waals surface area contributed by atoms with E-state index in [1.165, 1.54) is 0 Å². The summed E-state index contributed by atoms with van der Waals surface area (Å²) in [5.74, 6) is -0.204. The van der Waals surface area contributed by atoms with E-state index in [1.807, 2.05) is 37.3 Å². The highest BCUT2D eigenvalue weighted by molar-refractivity contribution is 6.19. The van der Waals surface area contributed by atoms with Crippen LogP contribution in [0.5, 0.6) is 0 Å². The van der Waals surface area contributed by atoms with Crippen LogP contribution in [0.25, 0.3) is 0 Å². The topological polar surface area (TPSA) is 58.2 Å². The number of anilines is 1. The van der Waals surface area contributed by atoms with Crippen LogP contribution in [-0.4, -0.2) is 17.7 Å². The van der Waals surface area contributed by atoms with Crippen molar-refractivity contribution in [2.45, 2.75) is 19.4 Å². The summed E-state index contributed by atoms with van der Waals surface area (Å²) in [6, 6.07) is 16.5. The molecular formula is C18H19ClN2O2. The van der Waals surface area contributed by atoms with Crippen LogP contribution in [0.15, 0.2) is 54.6 Å². The summed E-state index contributed by atoms with van der Waals surface area (Å²) in [6.07, 6.45) is 0.206. The molecule has 5 heteroatoms. The fourth-order valence-corrected chi connectivity index (χ4v) is 2.36. The number of hydrogen-bond acceptors (Lipinski definition) is 2.